The maximum absolute atomic E-state index is 5.15. The molecule has 0 saturated carbocycles. The topological polar surface area (TPSA) is 35.5 Å². The van der Waals surface area contributed by atoms with Gasteiger partial charge in [-0.15, -0.1) is 0 Å². The van der Waals surface area contributed by atoms with E-state index in [4.69, 9.17) is 9.97 Å². The molecule has 1 spiro atoms. The van der Waals surface area contributed by atoms with Crippen molar-refractivity contribution in [2.75, 3.05) is 14.7 Å². The van der Waals surface area contributed by atoms with E-state index in [0.717, 1.165) is 84.8 Å². The Morgan fingerprint density at radius 2 is 0.629 bits per heavy atom. The standard InChI is InChI=1S/C65H45N5/c1-6-18-46(19-7-1)48-30-34-53(35-31-48)68(50-22-10-3-11-23-50)55-38-40-61-59(44-55)65(57-28-16-42-66-63(57)64-58(65)29-17-43-67-64)60-45-56(39-41-62(60)70(61)52-26-14-5-15-27-52)69(51-24-12-4-13-25-51)54-36-32-49(33-37-54)47-20-8-2-9-21-47/h1-45H. The predicted molar refractivity (Wildman–Crippen MR) is 288 cm³/mol. The lowest BCUT2D eigenvalue weighted by molar-refractivity contribution is 0.749. The van der Waals surface area contributed by atoms with Gasteiger partial charge in [-0.05, 0) is 154 Å². The van der Waals surface area contributed by atoms with Crippen molar-refractivity contribution in [1.82, 2.24) is 9.97 Å². The molecule has 0 fully saturated rings. The summed E-state index contributed by atoms with van der Waals surface area (Å²) in [5, 5.41) is 0. The van der Waals surface area contributed by atoms with Crippen LogP contribution in [0, 0.1) is 0 Å². The molecule has 2 aliphatic rings. The fourth-order valence-electron chi connectivity index (χ4n) is 10.9. The van der Waals surface area contributed by atoms with Crippen LogP contribution in [0.15, 0.2) is 273 Å². The van der Waals surface area contributed by atoms with Crippen LogP contribution in [-0.4, -0.2) is 9.97 Å². The van der Waals surface area contributed by atoms with E-state index in [9.17, 15) is 0 Å². The number of rotatable bonds is 9. The second-order valence-electron chi connectivity index (χ2n) is 17.8. The molecular weight excluding hydrogens is 851 g/mol. The summed E-state index contributed by atoms with van der Waals surface area (Å²) in [6, 6.07) is 93.9. The Hall–Kier alpha value is -9.32. The molecule has 13 rings (SSSR count). The normalized spacial score (nSPS) is 12.7. The molecule has 5 nitrogen and oxygen atoms in total. The van der Waals surface area contributed by atoms with Gasteiger partial charge in [0.25, 0.3) is 0 Å². The van der Waals surface area contributed by atoms with Crippen molar-refractivity contribution in [3.05, 3.63) is 296 Å². The maximum Gasteiger partial charge on any atom is 0.0937 e. The number of aromatic nitrogens is 2. The molecule has 0 amide bonds. The van der Waals surface area contributed by atoms with E-state index in [1.165, 1.54) is 22.3 Å². The van der Waals surface area contributed by atoms with Crippen LogP contribution in [0.1, 0.15) is 22.3 Å². The molecular formula is C65H45N5. The average molecular weight is 896 g/mol. The van der Waals surface area contributed by atoms with E-state index in [2.05, 4.69) is 276 Å². The van der Waals surface area contributed by atoms with E-state index >= 15 is 0 Å². The highest BCUT2D eigenvalue weighted by molar-refractivity contribution is 5.97. The lowest BCUT2D eigenvalue weighted by Gasteiger charge is -2.45. The number of anilines is 9. The van der Waals surface area contributed by atoms with Gasteiger partial charge in [0.05, 0.1) is 28.2 Å². The smallest absolute Gasteiger partial charge is 0.0937 e. The zero-order valence-electron chi connectivity index (χ0n) is 38.2. The summed E-state index contributed by atoms with van der Waals surface area (Å²) in [5.74, 6) is 0. The quantitative estimate of drug-likeness (QED) is 0.144. The van der Waals surface area contributed by atoms with Crippen molar-refractivity contribution >= 4 is 51.2 Å². The number of nitrogens with zero attached hydrogens (tertiary/aromatic N) is 5. The third kappa shape index (κ3) is 6.70. The maximum atomic E-state index is 5.15. The summed E-state index contributed by atoms with van der Waals surface area (Å²) in [5.41, 5.74) is 19.7. The highest BCUT2D eigenvalue weighted by Crippen LogP contribution is 2.64. The lowest BCUT2D eigenvalue weighted by Crippen LogP contribution is -2.36. The molecule has 0 radical (unpaired) electrons. The molecule has 0 N–H and O–H groups in total. The molecule has 70 heavy (non-hydrogen) atoms. The van der Waals surface area contributed by atoms with Gasteiger partial charge in [0, 0.05) is 52.2 Å². The molecule has 0 bridgehead atoms. The Bertz CT molecular complexity index is 3410. The molecule has 2 aromatic heterocycles. The van der Waals surface area contributed by atoms with Crippen molar-refractivity contribution in [1.29, 1.82) is 0 Å². The molecule has 0 saturated heterocycles. The molecule has 330 valence electrons. The number of hydrogen-bond acceptors (Lipinski definition) is 5. The fraction of sp³-hybridized carbons (Fsp3) is 0.0154. The highest BCUT2D eigenvalue weighted by atomic mass is 15.2. The Labute approximate surface area is 408 Å². The van der Waals surface area contributed by atoms with E-state index in [1.54, 1.807) is 0 Å². The van der Waals surface area contributed by atoms with E-state index in [-0.39, 0.29) is 0 Å². The van der Waals surface area contributed by atoms with Crippen LogP contribution in [0.2, 0.25) is 0 Å². The minimum Gasteiger partial charge on any atom is -0.310 e. The summed E-state index contributed by atoms with van der Waals surface area (Å²) in [6.45, 7) is 0. The Morgan fingerprint density at radius 1 is 0.286 bits per heavy atom. The van der Waals surface area contributed by atoms with Crippen molar-refractivity contribution in [3.8, 4) is 33.6 Å². The van der Waals surface area contributed by atoms with Gasteiger partial charge in [-0.1, -0.05) is 152 Å². The molecule has 1 aliphatic carbocycles. The number of fused-ring (bicyclic) bond motifs is 9. The molecule has 3 heterocycles. The predicted octanol–water partition coefficient (Wildman–Crippen LogP) is 16.9. The molecule has 5 heteroatoms. The van der Waals surface area contributed by atoms with Crippen LogP contribution in [0.3, 0.4) is 0 Å². The van der Waals surface area contributed by atoms with E-state index < -0.39 is 5.41 Å². The summed E-state index contributed by atoms with van der Waals surface area (Å²) in [4.78, 5) is 17.5. The Morgan fingerprint density at radius 3 is 1.04 bits per heavy atom. The summed E-state index contributed by atoms with van der Waals surface area (Å²) in [6.07, 6.45) is 3.80. The van der Waals surface area contributed by atoms with E-state index in [1.807, 2.05) is 12.4 Å². The van der Waals surface area contributed by atoms with Crippen LogP contribution in [-0.2, 0) is 5.41 Å². The van der Waals surface area contributed by atoms with Gasteiger partial charge in [-0.25, -0.2) is 0 Å². The van der Waals surface area contributed by atoms with Crippen molar-refractivity contribution in [2.45, 2.75) is 5.41 Å². The summed E-state index contributed by atoms with van der Waals surface area (Å²) < 4.78 is 0. The minimum absolute atomic E-state index is 0.825. The second kappa shape index (κ2) is 17.1. The molecule has 0 unspecified atom stereocenters. The monoisotopic (exact) mass is 895 g/mol. The first-order chi connectivity index (χ1) is 34.7. The van der Waals surface area contributed by atoms with Crippen molar-refractivity contribution in [3.63, 3.8) is 0 Å². The van der Waals surface area contributed by atoms with Gasteiger partial charge in [0.1, 0.15) is 0 Å². The average Bonchev–Trinajstić information content (AvgIpc) is 3.74. The SMILES string of the molecule is c1ccc(-c2ccc(N(c3ccccc3)c3ccc4c(c3)C3(c5cc(N(c6ccccc6)c6ccc(-c7ccccc7)cc6)ccc5N4c4ccccc4)c4cccnc4-c4ncccc43)cc2)cc1. The molecule has 0 atom stereocenters. The van der Waals surface area contributed by atoms with Gasteiger partial charge < -0.3 is 14.7 Å². The largest absolute Gasteiger partial charge is 0.310 e. The highest BCUT2D eigenvalue weighted by Gasteiger charge is 2.53. The van der Waals surface area contributed by atoms with Crippen LogP contribution < -0.4 is 14.7 Å². The van der Waals surface area contributed by atoms with Crippen LogP contribution in [0.4, 0.5) is 51.2 Å². The zero-order valence-corrected chi connectivity index (χ0v) is 38.2. The minimum atomic E-state index is -0.825. The third-order valence-electron chi connectivity index (χ3n) is 13.9. The second-order valence-corrected chi connectivity index (χ2v) is 17.8. The number of benzene rings is 9. The lowest BCUT2D eigenvalue weighted by atomic mass is 9.64. The summed E-state index contributed by atoms with van der Waals surface area (Å²) in [7, 11) is 0. The third-order valence-corrected chi connectivity index (χ3v) is 13.9. The number of hydrogen-bond donors (Lipinski definition) is 0. The van der Waals surface area contributed by atoms with Crippen LogP contribution >= 0.6 is 0 Å². The molecule has 9 aromatic carbocycles. The Kier molecular flexibility index (Phi) is 9.98. The fourth-order valence-corrected chi connectivity index (χ4v) is 10.9. The van der Waals surface area contributed by atoms with Crippen LogP contribution in [0.25, 0.3) is 33.6 Å². The van der Waals surface area contributed by atoms with Gasteiger partial charge in [0.2, 0.25) is 0 Å². The molecule has 11 aromatic rings. The first kappa shape index (κ1) is 40.9. The van der Waals surface area contributed by atoms with Crippen LogP contribution in [0.5, 0.6) is 0 Å². The number of para-hydroxylation sites is 3. The van der Waals surface area contributed by atoms with Gasteiger partial charge in [-0.3, -0.25) is 9.97 Å². The van der Waals surface area contributed by atoms with Crippen molar-refractivity contribution in [2.24, 2.45) is 0 Å². The number of pyridine rings is 2. The molecule has 1 aliphatic heterocycles. The zero-order chi connectivity index (χ0) is 46.4. The van der Waals surface area contributed by atoms with Crippen molar-refractivity contribution < 1.29 is 0 Å². The first-order valence-electron chi connectivity index (χ1n) is 23.8. The summed E-state index contributed by atoms with van der Waals surface area (Å²) >= 11 is 0. The van der Waals surface area contributed by atoms with Gasteiger partial charge >= 0.3 is 0 Å². The van der Waals surface area contributed by atoms with E-state index in [0.29, 0.717) is 0 Å². The Balaban J connectivity index is 1.08. The first-order valence-corrected chi connectivity index (χ1v) is 23.8. The van der Waals surface area contributed by atoms with Gasteiger partial charge in [-0.2, -0.15) is 0 Å². The van der Waals surface area contributed by atoms with Gasteiger partial charge in [0.15, 0.2) is 0 Å².